The Morgan fingerprint density at radius 3 is 2.71 bits per heavy atom. The number of carbonyl (C=O) groups excluding carboxylic acids is 1. The third kappa shape index (κ3) is 2.32. The Bertz CT molecular complexity index is 390. The molecule has 0 atom stereocenters. The summed E-state index contributed by atoms with van der Waals surface area (Å²) in [5, 5.41) is 10.7. The number of thiol groups is 1. The topological polar surface area (TPSA) is 60.2 Å². The highest BCUT2D eigenvalue weighted by Gasteiger charge is 2.17. The average molecular weight is 211 g/mol. The lowest BCUT2D eigenvalue weighted by atomic mass is 10.1. The molecule has 0 N–H and O–H groups in total. The van der Waals surface area contributed by atoms with Gasteiger partial charge in [0.25, 0.3) is 5.69 Å². The number of rotatable bonds is 3. The van der Waals surface area contributed by atoms with Crippen LogP contribution in [0.5, 0.6) is 0 Å². The van der Waals surface area contributed by atoms with Crippen molar-refractivity contribution in [2.75, 3.05) is 0 Å². The lowest BCUT2D eigenvalue weighted by Gasteiger charge is -2.01. The Morgan fingerprint density at radius 1 is 1.57 bits per heavy atom. The molecule has 0 unspecified atom stereocenters. The third-order valence-electron chi connectivity index (χ3n) is 1.72. The zero-order valence-electron chi connectivity index (χ0n) is 7.56. The Balaban J connectivity index is 3.21. The summed E-state index contributed by atoms with van der Waals surface area (Å²) in [7, 11) is 0. The second kappa shape index (κ2) is 4.23. The van der Waals surface area contributed by atoms with Crippen molar-refractivity contribution < 1.29 is 9.72 Å². The van der Waals surface area contributed by atoms with Gasteiger partial charge in [-0.2, -0.15) is 0 Å². The van der Waals surface area contributed by atoms with Gasteiger partial charge in [-0.25, -0.2) is 0 Å². The molecule has 5 heteroatoms. The SMILES string of the molecule is CC(=O)Cc1cccc(S)c1[N+](=O)[O-]. The molecule has 1 aromatic rings. The van der Waals surface area contributed by atoms with E-state index in [0.29, 0.717) is 5.56 Å². The van der Waals surface area contributed by atoms with Crippen LogP contribution in [0.25, 0.3) is 0 Å². The minimum atomic E-state index is -0.513. The average Bonchev–Trinajstić information content (AvgIpc) is 2.01. The standard InChI is InChI=1S/C9H9NO3S/c1-6(11)5-7-3-2-4-8(14)9(7)10(12)13/h2-4,14H,5H2,1H3. The van der Waals surface area contributed by atoms with Crippen LogP contribution in [-0.4, -0.2) is 10.7 Å². The summed E-state index contributed by atoms with van der Waals surface area (Å²) in [6.07, 6.45) is 0.0741. The second-order valence-electron chi connectivity index (χ2n) is 2.92. The van der Waals surface area contributed by atoms with Crippen molar-refractivity contribution in [3.05, 3.63) is 33.9 Å². The predicted octanol–water partition coefficient (Wildman–Crippen LogP) is 2.02. The Morgan fingerprint density at radius 2 is 2.21 bits per heavy atom. The van der Waals surface area contributed by atoms with E-state index in [-0.39, 0.29) is 22.8 Å². The van der Waals surface area contributed by atoms with Gasteiger partial charge in [-0.1, -0.05) is 12.1 Å². The third-order valence-corrected chi connectivity index (χ3v) is 2.08. The molecule has 74 valence electrons. The fourth-order valence-corrected chi connectivity index (χ4v) is 1.51. The molecular formula is C9H9NO3S. The zero-order chi connectivity index (χ0) is 10.7. The summed E-state index contributed by atoms with van der Waals surface area (Å²) in [4.78, 5) is 21.3. The number of nitrogens with zero attached hydrogens (tertiary/aromatic N) is 1. The van der Waals surface area contributed by atoms with Crippen LogP contribution in [0.15, 0.2) is 23.1 Å². The maximum absolute atomic E-state index is 10.9. The predicted molar refractivity (Wildman–Crippen MR) is 54.7 cm³/mol. The van der Waals surface area contributed by atoms with Gasteiger partial charge in [0, 0.05) is 12.0 Å². The number of nitro groups is 1. The fourth-order valence-electron chi connectivity index (χ4n) is 1.20. The number of para-hydroxylation sites is 1. The molecule has 0 aliphatic carbocycles. The quantitative estimate of drug-likeness (QED) is 0.472. The summed E-state index contributed by atoms with van der Waals surface area (Å²) in [6.45, 7) is 1.40. The van der Waals surface area contributed by atoms with Crippen molar-refractivity contribution in [3.63, 3.8) is 0 Å². The molecule has 0 aromatic heterocycles. The van der Waals surface area contributed by atoms with Crippen molar-refractivity contribution in [2.24, 2.45) is 0 Å². The first kappa shape index (κ1) is 10.7. The van der Waals surface area contributed by atoms with E-state index in [2.05, 4.69) is 12.6 Å². The van der Waals surface area contributed by atoms with E-state index in [1.165, 1.54) is 13.0 Å². The molecule has 0 fully saturated rings. The Hall–Kier alpha value is -1.36. The number of hydrogen-bond acceptors (Lipinski definition) is 4. The number of hydrogen-bond donors (Lipinski definition) is 1. The van der Waals surface area contributed by atoms with Crippen LogP contribution in [0.3, 0.4) is 0 Å². The Labute approximate surface area is 86.5 Å². The molecular weight excluding hydrogens is 202 g/mol. The molecule has 14 heavy (non-hydrogen) atoms. The van der Waals surface area contributed by atoms with Crippen LogP contribution in [0, 0.1) is 10.1 Å². The Kier molecular flexibility index (Phi) is 3.24. The monoisotopic (exact) mass is 211 g/mol. The van der Waals surface area contributed by atoms with E-state index >= 15 is 0 Å². The molecule has 1 rings (SSSR count). The summed E-state index contributed by atoms with van der Waals surface area (Å²) in [6, 6.07) is 4.75. The van der Waals surface area contributed by atoms with E-state index in [9.17, 15) is 14.9 Å². The zero-order valence-corrected chi connectivity index (χ0v) is 8.45. The van der Waals surface area contributed by atoms with Gasteiger partial charge < -0.3 is 0 Å². The van der Waals surface area contributed by atoms with E-state index in [1.54, 1.807) is 12.1 Å². The molecule has 0 aliphatic heterocycles. The maximum Gasteiger partial charge on any atom is 0.286 e. The van der Waals surface area contributed by atoms with Gasteiger partial charge in [0.1, 0.15) is 5.78 Å². The number of Topliss-reactive ketones (excluding diaryl/α,β-unsaturated/α-hetero) is 1. The first-order chi connectivity index (χ1) is 6.52. The number of benzene rings is 1. The van der Waals surface area contributed by atoms with Gasteiger partial charge >= 0.3 is 0 Å². The van der Waals surface area contributed by atoms with Crippen molar-refractivity contribution in [2.45, 2.75) is 18.2 Å². The summed E-state index contributed by atoms with van der Waals surface area (Å²) < 4.78 is 0. The van der Waals surface area contributed by atoms with Gasteiger partial charge in [0.2, 0.25) is 0 Å². The van der Waals surface area contributed by atoms with E-state index in [1.807, 2.05) is 0 Å². The van der Waals surface area contributed by atoms with E-state index < -0.39 is 4.92 Å². The molecule has 1 aromatic carbocycles. The highest BCUT2D eigenvalue weighted by molar-refractivity contribution is 7.80. The van der Waals surface area contributed by atoms with Gasteiger partial charge in [0.05, 0.1) is 9.82 Å². The van der Waals surface area contributed by atoms with Crippen molar-refractivity contribution in [3.8, 4) is 0 Å². The minimum Gasteiger partial charge on any atom is -0.300 e. The van der Waals surface area contributed by atoms with Crippen LogP contribution in [0.1, 0.15) is 12.5 Å². The van der Waals surface area contributed by atoms with Crippen LogP contribution < -0.4 is 0 Å². The number of nitro benzene ring substituents is 1. The molecule has 0 spiro atoms. The van der Waals surface area contributed by atoms with E-state index in [0.717, 1.165) is 0 Å². The first-order valence-corrected chi connectivity index (χ1v) is 4.41. The number of ketones is 1. The van der Waals surface area contributed by atoms with E-state index in [4.69, 9.17) is 0 Å². The van der Waals surface area contributed by atoms with Crippen molar-refractivity contribution in [1.82, 2.24) is 0 Å². The molecule has 0 bridgehead atoms. The van der Waals surface area contributed by atoms with Crippen LogP contribution >= 0.6 is 12.6 Å². The largest absolute Gasteiger partial charge is 0.300 e. The smallest absolute Gasteiger partial charge is 0.286 e. The molecule has 0 amide bonds. The van der Waals surface area contributed by atoms with Crippen molar-refractivity contribution in [1.29, 1.82) is 0 Å². The maximum atomic E-state index is 10.9. The normalized spacial score (nSPS) is 9.86. The molecule has 4 nitrogen and oxygen atoms in total. The van der Waals surface area contributed by atoms with Crippen LogP contribution in [-0.2, 0) is 11.2 Å². The number of carbonyl (C=O) groups is 1. The highest BCUT2D eigenvalue weighted by Crippen LogP contribution is 2.26. The molecule has 0 saturated carbocycles. The minimum absolute atomic E-state index is 0.0741. The lowest BCUT2D eigenvalue weighted by Crippen LogP contribution is -2.01. The molecule has 0 radical (unpaired) electrons. The summed E-state index contributed by atoms with van der Waals surface area (Å²) in [5.74, 6) is -0.105. The van der Waals surface area contributed by atoms with Crippen molar-refractivity contribution >= 4 is 24.1 Å². The molecule has 0 saturated heterocycles. The highest BCUT2D eigenvalue weighted by atomic mass is 32.1. The summed E-state index contributed by atoms with van der Waals surface area (Å²) in [5.41, 5.74) is 0.334. The van der Waals surface area contributed by atoms with Gasteiger partial charge in [-0.15, -0.1) is 12.6 Å². The lowest BCUT2D eigenvalue weighted by molar-refractivity contribution is -0.388. The van der Waals surface area contributed by atoms with Gasteiger partial charge in [-0.05, 0) is 13.0 Å². The molecule has 0 heterocycles. The van der Waals surface area contributed by atoms with Crippen LogP contribution in [0.4, 0.5) is 5.69 Å². The van der Waals surface area contributed by atoms with Gasteiger partial charge in [-0.3, -0.25) is 14.9 Å². The van der Waals surface area contributed by atoms with Gasteiger partial charge in [0.15, 0.2) is 0 Å². The summed E-state index contributed by atoms with van der Waals surface area (Å²) >= 11 is 3.98. The molecule has 0 aliphatic rings. The first-order valence-electron chi connectivity index (χ1n) is 3.97. The second-order valence-corrected chi connectivity index (χ2v) is 3.40. The fraction of sp³-hybridized carbons (Fsp3) is 0.222. The van der Waals surface area contributed by atoms with Crippen LogP contribution in [0.2, 0.25) is 0 Å².